The molecule has 0 fully saturated rings. The van der Waals surface area contributed by atoms with Crippen LogP contribution in [0.15, 0.2) is 22.7 Å². The summed E-state index contributed by atoms with van der Waals surface area (Å²) in [5, 5.41) is 0.102. The van der Waals surface area contributed by atoms with E-state index >= 15 is 0 Å². The van der Waals surface area contributed by atoms with Crippen LogP contribution in [-0.4, -0.2) is 10.9 Å². The SMILES string of the molecule is CC(=O)SCCC#Cc1ccc(F)cc1Br. The van der Waals surface area contributed by atoms with E-state index in [-0.39, 0.29) is 10.9 Å². The highest BCUT2D eigenvalue weighted by atomic mass is 79.9. The fourth-order valence-corrected chi connectivity index (χ4v) is 1.94. The van der Waals surface area contributed by atoms with Gasteiger partial charge in [-0.1, -0.05) is 23.6 Å². The van der Waals surface area contributed by atoms with Gasteiger partial charge in [0.15, 0.2) is 5.12 Å². The van der Waals surface area contributed by atoms with Gasteiger partial charge in [0.05, 0.1) is 0 Å². The fraction of sp³-hybridized carbons (Fsp3) is 0.250. The van der Waals surface area contributed by atoms with Crippen molar-refractivity contribution in [3.8, 4) is 11.8 Å². The molecule has 0 spiro atoms. The average molecular weight is 301 g/mol. The number of hydrogen-bond acceptors (Lipinski definition) is 2. The van der Waals surface area contributed by atoms with Gasteiger partial charge in [-0.15, -0.1) is 0 Å². The Hall–Kier alpha value is -0.790. The van der Waals surface area contributed by atoms with Crippen molar-refractivity contribution in [2.24, 2.45) is 0 Å². The largest absolute Gasteiger partial charge is 0.288 e. The summed E-state index contributed by atoms with van der Waals surface area (Å²) < 4.78 is 13.4. The molecule has 0 saturated heterocycles. The quantitative estimate of drug-likeness (QED) is 0.613. The maximum absolute atomic E-state index is 12.8. The van der Waals surface area contributed by atoms with E-state index in [1.807, 2.05) is 0 Å². The van der Waals surface area contributed by atoms with Crippen molar-refractivity contribution in [2.45, 2.75) is 13.3 Å². The molecule has 1 aromatic rings. The molecule has 16 heavy (non-hydrogen) atoms. The zero-order chi connectivity index (χ0) is 12.0. The number of benzene rings is 1. The summed E-state index contributed by atoms with van der Waals surface area (Å²) in [6, 6.07) is 4.39. The van der Waals surface area contributed by atoms with Crippen LogP contribution in [0.1, 0.15) is 18.9 Å². The van der Waals surface area contributed by atoms with Crippen LogP contribution in [0, 0.1) is 17.7 Å². The van der Waals surface area contributed by atoms with Crippen LogP contribution in [0.5, 0.6) is 0 Å². The van der Waals surface area contributed by atoms with Gasteiger partial charge in [-0.3, -0.25) is 4.79 Å². The molecular weight excluding hydrogens is 291 g/mol. The minimum absolute atomic E-state index is 0.102. The Labute approximate surface area is 107 Å². The molecule has 84 valence electrons. The van der Waals surface area contributed by atoms with Crippen LogP contribution in [0.2, 0.25) is 0 Å². The van der Waals surface area contributed by atoms with Crippen LogP contribution in [0.4, 0.5) is 4.39 Å². The normalized spacial score (nSPS) is 9.44. The lowest BCUT2D eigenvalue weighted by atomic mass is 10.2. The molecular formula is C12H10BrFOS. The van der Waals surface area contributed by atoms with Crippen molar-refractivity contribution in [3.05, 3.63) is 34.1 Å². The Morgan fingerprint density at radius 2 is 2.31 bits per heavy atom. The number of hydrogen-bond donors (Lipinski definition) is 0. The van der Waals surface area contributed by atoms with Gasteiger partial charge in [0.25, 0.3) is 0 Å². The molecule has 0 aliphatic rings. The zero-order valence-electron chi connectivity index (χ0n) is 8.72. The van der Waals surface area contributed by atoms with Crippen molar-refractivity contribution in [1.29, 1.82) is 0 Å². The molecule has 0 amide bonds. The molecule has 0 atom stereocenters. The van der Waals surface area contributed by atoms with E-state index in [0.717, 1.165) is 5.56 Å². The van der Waals surface area contributed by atoms with E-state index in [0.29, 0.717) is 16.6 Å². The highest BCUT2D eigenvalue weighted by molar-refractivity contribution is 9.10. The van der Waals surface area contributed by atoms with E-state index in [1.54, 1.807) is 6.07 Å². The molecule has 0 bridgehead atoms. The van der Waals surface area contributed by atoms with Crippen LogP contribution in [0.3, 0.4) is 0 Å². The Bertz CT molecular complexity index is 448. The van der Waals surface area contributed by atoms with E-state index in [2.05, 4.69) is 27.8 Å². The Kier molecular flexibility index (Phi) is 5.58. The smallest absolute Gasteiger partial charge is 0.185 e. The molecule has 0 unspecified atom stereocenters. The predicted octanol–water partition coefficient (Wildman–Crippen LogP) is 3.61. The molecule has 0 aliphatic heterocycles. The van der Waals surface area contributed by atoms with E-state index in [4.69, 9.17) is 0 Å². The molecule has 1 aromatic carbocycles. The summed E-state index contributed by atoms with van der Waals surface area (Å²) in [5.41, 5.74) is 0.759. The van der Waals surface area contributed by atoms with Gasteiger partial charge >= 0.3 is 0 Å². The Balaban J connectivity index is 2.53. The fourth-order valence-electron chi connectivity index (χ4n) is 0.994. The van der Waals surface area contributed by atoms with Crippen LogP contribution in [0.25, 0.3) is 0 Å². The first kappa shape index (κ1) is 13.3. The minimum Gasteiger partial charge on any atom is -0.288 e. The highest BCUT2D eigenvalue weighted by Crippen LogP contribution is 2.16. The van der Waals surface area contributed by atoms with Crippen molar-refractivity contribution < 1.29 is 9.18 Å². The van der Waals surface area contributed by atoms with Crippen LogP contribution < -0.4 is 0 Å². The average Bonchev–Trinajstić information content (AvgIpc) is 2.20. The lowest BCUT2D eigenvalue weighted by molar-refractivity contribution is -0.109. The van der Waals surface area contributed by atoms with Crippen molar-refractivity contribution >= 4 is 32.8 Å². The van der Waals surface area contributed by atoms with Crippen LogP contribution >= 0.6 is 27.7 Å². The summed E-state index contributed by atoms with van der Waals surface area (Å²) in [6.45, 7) is 1.54. The van der Waals surface area contributed by atoms with Crippen LogP contribution in [-0.2, 0) is 4.79 Å². The van der Waals surface area contributed by atoms with E-state index in [1.165, 1.54) is 30.8 Å². The number of carbonyl (C=O) groups excluding carboxylic acids is 1. The monoisotopic (exact) mass is 300 g/mol. The zero-order valence-corrected chi connectivity index (χ0v) is 11.1. The number of halogens is 2. The lowest BCUT2D eigenvalue weighted by Crippen LogP contribution is -1.84. The molecule has 1 nitrogen and oxygen atoms in total. The standard InChI is InChI=1S/C12H10BrFOS/c1-9(15)16-7-3-2-4-10-5-6-11(14)8-12(10)13/h5-6,8H,3,7H2,1H3. The van der Waals surface area contributed by atoms with Gasteiger partial charge in [0.1, 0.15) is 5.82 Å². The first-order valence-corrected chi connectivity index (χ1v) is 6.45. The topological polar surface area (TPSA) is 17.1 Å². The van der Waals surface area contributed by atoms with Gasteiger partial charge < -0.3 is 0 Å². The van der Waals surface area contributed by atoms with Gasteiger partial charge in [-0.05, 0) is 34.1 Å². The second-order valence-corrected chi connectivity index (χ2v) is 5.14. The predicted molar refractivity (Wildman–Crippen MR) is 68.7 cm³/mol. The Morgan fingerprint density at radius 3 is 2.94 bits per heavy atom. The molecule has 0 N–H and O–H groups in total. The van der Waals surface area contributed by atoms with Gasteiger partial charge in [-0.25, -0.2) is 4.39 Å². The summed E-state index contributed by atoms with van der Waals surface area (Å²) >= 11 is 4.50. The van der Waals surface area contributed by atoms with Crippen molar-refractivity contribution in [3.63, 3.8) is 0 Å². The summed E-state index contributed by atoms with van der Waals surface area (Å²) in [4.78, 5) is 10.6. The molecule has 0 aliphatic carbocycles. The van der Waals surface area contributed by atoms with E-state index in [9.17, 15) is 9.18 Å². The second-order valence-electron chi connectivity index (χ2n) is 3.02. The number of carbonyl (C=O) groups is 1. The molecule has 1 rings (SSSR count). The summed E-state index contributed by atoms with van der Waals surface area (Å²) in [7, 11) is 0. The maximum atomic E-state index is 12.8. The third-order valence-corrected chi connectivity index (χ3v) is 3.16. The maximum Gasteiger partial charge on any atom is 0.185 e. The molecule has 0 saturated carbocycles. The number of thioether (sulfide) groups is 1. The molecule has 0 aromatic heterocycles. The second kappa shape index (κ2) is 6.72. The van der Waals surface area contributed by atoms with Gasteiger partial charge in [0, 0.05) is 29.1 Å². The molecule has 4 heteroatoms. The first-order chi connectivity index (χ1) is 7.59. The Morgan fingerprint density at radius 1 is 1.56 bits per heavy atom. The van der Waals surface area contributed by atoms with Crippen molar-refractivity contribution in [2.75, 3.05) is 5.75 Å². The van der Waals surface area contributed by atoms with Gasteiger partial charge in [-0.2, -0.15) is 0 Å². The van der Waals surface area contributed by atoms with Crippen molar-refractivity contribution in [1.82, 2.24) is 0 Å². The first-order valence-electron chi connectivity index (χ1n) is 4.67. The summed E-state index contributed by atoms with van der Waals surface area (Å²) in [6.07, 6.45) is 0.647. The third kappa shape index (κ3) is 4.82. The van der Waals surface area contributed by atoms with E-state index < -0.39 is 0 Å². The number of rotatable bonds is 2. The molecule has 0 heterocycles. The lowest BCUT2D eigenvalue weighted by Gasteiger charge is -1.95. The highest BCUT2D eigenvalue weighted by Gasteiger charge is 1.97. The summed E-state index contributed by atoms with van der Waals surface area (Å²) in [5.74, 6) is 6.28. The minimum atomic E-state index is -0.287. The van der Waals surface area contributed by atoms with Gasteiger partial charge in [0.2, 0.25) is 0 Å². The molecule has 0 radical (unpaired) electrons. The third-order valence-electron chi connectivity index (χ3n) is 1.69.